The van der Waals surface area contributed by atoms with Crippen LogP contribution in [-0.4, -0.2) is 75.6 Å². The normalized spacial score (nSPS) is 41.3. The molecule has 1 fully saturated rings. The van der Waals surface area contributed by atoms with Crippen molar-refractivity contribution in [1.82, 2.24) is 0 Å². The summed E-state index contributed by atoms with van der Waals surface area (Å²) < 4.78 is 63.3. The van der Waals surface area contributed by atoms with Crippen LogP contribution in [0.15, 0.2) is 0 Å². The minimum absolute atomic E-state index is 1.19. The van der Waals surface area contributed by atoms with E-state index in [0.29, 0.717) is 0 Å². The van der Waals surface area contributed by atoms with Gasteiger partial charge in [0.2, 0.25) is 0 Å². The lowest BCUT2D eigenvalue weighted by atomic mass is 9.99. The van der Waals surface area contributed by atoms with Crippen molar-refractivity contribution in [2.24, 2.45) is 0 Å². The average molecular weight is 312 g/mol. The molecule has 0 aromatic carbocycles. The van der Waals surface area contributed by atoms with Crippen molar-refractivity contribution in [3.63, 3.8) is 0 Å². The number of aliphatic hydroxyl groups is 5. The third-order valence-electron chi connectivity index (χ3n) is 2.62. The van der Waals surface area contributed by atoms with Crippen LogP contribution in [0.25, 0.3) is 0 Å². The summed E-state index contributed by atoms with van der Waals surface area (Å²) in [5.41, 5.74) is -5.98. The molecule has 0 aromatic rings. The van der Waals surface area contributed by atoms with Crippen LogP contribution in [0.5, 0.6) is 0 Å². The van der Waals surface area contributed by atoms with E-state index in [1.807, 2.05) is 0 Å². The second-order valence-corrected chi connectivity index (χ2v) is 5.90. The maximum Gasteiger partial charge on any atom is 0.502 e. The summed E-state index contributed by atoms with van der Waals surface area (Å²) in [6.45, 7) is -1.19. The van der Waals surface area contributed by atoms with Crippen molar-refractivity contribution in [2.45, 2.75) is 35.0 Å². The van der Waals surface area contributed by atoms with Crippen LogP contribution in [0, 0.1) is 0 Å². The Hall–Kier alpha value is -0.500. The fourth-order valence-electron chi connectivity index (χ4n) is 1.51. The third-order valence-corrected chi connectivity index (χ3v) is 4.34. The molecule has 0 aromatic heterocycles. The lowest BCUT2D eigenvalue weighted by Crippen LogP contribution is -2.69. The number of rotatable bonds is 2. The number of hydrogen-bond acceptors (Lipinski definition) is 8. The van der Waals surface area contributed by atoms with E-state index in [0.717, 1.165) is 0 Å². The summed E-state index contributed by atoms with van der Waals surface area (Å²) in [4.78, 5) is 0. The van der Waals surface area contributed by atoms with Gasteiger partial charge in [0.05, 0.1) is 6.61 Å². The zero-order chi connectivity index (χ0) is 15.2. The molecular weight excluding hydrogens is 301 g/mol. The van der Waals surface area contributed by atoms with Crippen molar-refractivity contribution in [3.8, 4) is 0 Å². The van der Waals surface area contributed by atoms with Crippen LogP contribution >= 0.6 is 0 Å². The summed E-state index contributed by atoms with van der Waals surface area (Å²) in [5, 5.41) is 41.6. The number of alkyl halides is 3. The Labute approximate surface area is 104 Å². The van der Waals surface area contributed by atoms with Gasteiger partial charge in [-0.3, -0.25) is 0 Å². The molecule has 0 aliphatic carbocycles. The highest BCUT2D eigenvalue weighted by molar-refractivity contribution is 7.93. The highest BCUT2D eigenvalue weighted by Crippen LogP contribution is 2.40. The molecule has 5 N–H and O–H groups in total. The Kier molecular flexibility index (Phi) is 4.18. The summed E-state index contributed by atoms with van der Waals surface area (Å²) in [7, 11) is -6.45. The summed E-state index contributed by atoms with van der Waals surface area (Å²) in [6, 6.07) is 0. The van der Waals surface area contributed by atoms with Crippen molar-refractivity contribution in [3.05, 3.63) is 0 Å². The molecule has 1 unspecified atom stereocenters. The Morgan fingerprint density at radius 1 is 1.16 bits per heavy atom. The Morgan fingerprint density at radius 3 is 2.00 bits per heavy atom. The number of aliphatic hydroxyl groups excluding tert-OH is 4. The van der Waals surface area contributed by atoms with Crippen LogP contribution in [0.1, 0.15) is 0 Å². The maximum absolute atomic E-state index is 12.3. The molecule has 8 nitrogen and oxygen atoms in total. The first-order valence-corrected chi connectivity index (χ1v) is 6.24. The molecule has 0 bridgehead atoms. The average Bonchev–Trinajstić information content (AvgIpc) is 2.29. The van der Waals surface area contributed by atoms with Gasteiger partial charge in [0.15, 0.2) is 6.10 Å². The summed E-state index contributed by atoms with van der Waals surface area (Å²) >= 11 is 0. The van der Waals surface area contributed by atoms with Gasteiger partial charge in [-0.15, -0.1) is 0 Å². The van der Waals surface area contributed by atoms with E-state index >= 15 is 0 Å². The van der Waals surface area contributed by atoms with E-state index in [4.69, 9.17) is 5.11 Å². The van der Waals surface area contributed by atoms with Gasteiger partial charge in [0, 0.05) is 0 Å². The minimum atomic E-state index is -6.45. The van der Waals surface area contributed by atoms with Crippen LogP contribution in [-0.2, 0) is 14.6 Å². The Bertz CT molecular complexity index is 434. The van der Waals surface area contributed by atoms with Gasteiger partial charge in [0.25, 0.3) is 0 Å². The number of ether oxygens (including phenoxy) is 1. The van der Waals surface area contributed by atoms with Crippen LogP contribution < -0.4 is 0 Å². The Balaban J connectivity index is 3.31. The lowest BCUT2D eigenvalue weighted by molar-refractivity contribution is -0.311. The first-order chi connectivity index (χ1) is 8.40. The molecule has 1 rings (SSSR count). The summed E-state index contributed by atoms with van der Waals surface area (Å²) in [5.74, 6) is 0. The fraction of sp³-hybridized carbons (Fsp3) is 1.00. The molecule has 0 saturated carbocycles. The van der Waals surface area contributed by atoms with Crippen molar-refractivity contribution in [1.29, 1.82) is 0 Å². The van der Waals surface area contributed by atoms with Gasteiger partial charge in [-0.05, 0) is 0 Å². The largest absolute Gasteiger partial charge is 0.502 e. The third kappa shape index (κ3) is 2.33. The molecule has 12 heteroatoms. The quantitative estimate of drug-likeness (QED) is 0.364. The van der Waals surface area contributed by atoms with E-state index in [2.05, 4.69) is 4.74 Å². The zero-order valence-electron chi connectivity index (χ0n) is 9.02. The van der Waals surface area contributed by atoms with Crippen molar-refractivity contribution >= 4 is 9.84 Å². The number of sulfone groups is 1. The predicted octanol–water partition coefficient (Wildman–Crippen LogP) is -2.96. The number of halogens is 3. The minimum Gasteiger partial charge on any atom is -0.394 e. The topological polar surface area (TPSA) is 145 Å². The second-order valence-electron chi connectivity index (χ2n) is 3.84. The van der Waals surface area contributed by atoms with Crippen molar-refractivity contribution in [2.75, 3.05) is 6.61 Å². The van der Waals surface area contributed by atoms with Crippen LogP contribution in [0.3, 0.4) is 0 Å². The molecule has 5 atom stereocenters. The highest BCUT2D eigenvalue weighted by atomic mass is 32.2. The first kappa shape index (κ1) is 16.6. The first-order valence-electron chi connectivity index (χ1n) is 4.76. The van der Waals surface area contributed by atoms with Crippen molar-refractivity contribution < 1.29 is 51.9 Å². The molecule has 114 valence electrons. The SMILES string of the molecule is O=S(=O)(C(F)(F)F)C1(O)O[C@H](CO)[C@@H](O)[C@H](O)[C@@H]1O. The van der Waals surface area contributed by atoms with Gasteiger partial charge < -0.3 is 30.3 Å². The molecule has 0 radical (unpaired) electrons. The molecule has 1 heterocycles. The van der Waals surface area contributed by atoms with E-state index in [1.165, 1.54) is 0 Å². The van der Waals surface area contributed by atoms with Gasteiger partial charge in [-0.2, -0.15) is 13.2 Å². The van der Waals surface area contributed by atoms with E-state index < -0.39 is 51.5 Å². The number of hydrogen-bond donors (Lipinski definition) is 5. The van der Waals surface area contributed by atoms with Gasteiger partial charge in [-0.25, -0.2) is 8.42 Å². The van der Waals surface area contributed by atoms with E-state index in [1.54, 1.807) is 0 Å². The summed E-state index contributed by atoms with van der Waals surface area (Å²) in [6.07, 6.45) is -9.55. The fourth-order valence-corrected chi connectivity index (χ4v) is 2.55. The van der Waals surface area contributed by atoms with Gasteiger partial charge in [0.1, 0.15) is 18.3 Å². The van der Waals surface area contributed by atoms with E-state index in [-0.39, 0.29) is 0 Å². The molecular formula is C7H11F3O8S. The smallest absolute Gasteiger partial charge is 0.394 e. The lowest BCUT2D eigenvalue weighted by Gasteiger charge is -2.44. The van der Waals surface area contributed by atoms with Crippen LogP contribution in [0.4, 0.5) is 13.2 Å². The molecule has 1 saturated heterocycles. The molecule has 1 aliphatic rings. The van der Waals surface area contributed by atoms with Crippen LogP contribution in [0.2, 0.25) is 0 Å². The standard InChI is InChI=1S/C7H11F3O8S/c8-7(9,10)19(16,17)6(15)5(14)4(13)3(12)2(1-11)18-6/h2-5,11-15H,1H2/t2-,3-,4+,5+,6?/m1/s1. The zero-order valence-corrected chi connectivity index (χ0v) is 9.84. The second kappa shape index (κ2) is 4.80. The van der Waals surface area contributed by atoms with E-state index in [9.17, 15) is 42.0 Å². The maximum atomic E-state index is 12.3. The molecule has 1 aliphatic heterocycles. The monoisotopic (exact) mass is 312 g/mol. The molecule has 0 amide bonds. The predicted molar refractivity (Wildman–Crippen MR) is 49.9 cm³/mol. The Morgan fingerprint density at radius 2 is 1.63 bits per heavy atom. The molecule has 0 spiro atoms. The van der Waals surface area contributed by atoms with Gasteiger partial charge >= 0.3 is 20.5 Å². The highest BCUT2D eigenvalue weighted by Gasteiger charge is 2.68. The van der Waals surface area contributed by atoms with Gasteiger partial charge in [-0.1, -0.05) is 0 Å². The molecule has 19 heavy (non-hydrogen) atoms.